The highest BCUT2D eigenvalue weighted by molar-refractivity contribution is 5.32. The average molecular weight is 303 g/mol. The van der Waals surface area contributed by atoms with Crippen molar-refractivity contribution in [2.75, 3.05) is 6.54 Å². The fourth-order valence-corrected chi connectivity index (χ4v) is 1.81. The molecule has 0 fully saturated rings. The van der Waals surface area contributed by atoms with E-state index >= 15 is 0 Å². The summed E-state index contributed by atoms with van der Waals surface area (Å²) >= 11 is 0. The summed E-state index contributed by atoms with van der Waals surface area (Å²) in [5.41, 5.74) is 4.15. The third-order valence-electron chi connectivity index (χ3n) is 2.81. The van der Waals surface area contributed by atoms with E-state index in [0.29, 0.717) is 23.7 Å². The molecule has 0 saturated carbocycles. The van der Waals surface area contributed by atoms with Crippen LogP contribution in [0.25, 0.3) is 0 Å². The van der Waals surface area contributed by atoms with Crippen molar-refractivity contribution in [3.8, 4) is 5.75 Å². The van der Waals surface area contributed by atoms with E-state index < -0.39 is 23.7 Å². The van der Waals surface area contributed by atoms with Crippen LogP contribution in [-0.2, 0) is 6.18 Å². The van der Waals surface area contributed by atoms with Gasteiger partial charge >= 0.3 is 6.18 Å². The number of alkyl halides is 3. The highest BCUT2D eigenvalue weighted by atomic mass is 19.4. The third kappa shape index (κ3) is 3.55. The normalized spacial score (nSPS) is 13.2. The van der Waals surface area contributed by atoms with Gasteiger partial charge < -0.3 is 14.9 Å². The molecule has 1 aromatic heterocycles. The lowest BCUT2D eigenvalue weighted by atomic mass is 10.2. The molecule has 0 amide bonds. The van der Waals surface area contributed by atoms with Crippen molar-refractivity contribution in [3.63, 3.8) is 0 Å². The molecule has 2 aromatic rings. The number of hydrogen-bond acceptors (Lipinski definition) is 3. The van der Waals surface area contributed by atoms with Gasteiger partial charge in [0, 0.05) is 6.54 Å². The van der Waals surface area contributed by atoms with Gasteiger partial charge in [-0.15, -0.1) is 0 Å². The summed E-state index contributed by atoms with van der Waals surface area (Å²) in [6.07, 6.45) is -5.53. The molecule has 0 aliphatic carbocycles. The van der Waals surface area contributed by atoms with Crippen LogP contribution in [0.15, 0.2) is 34.7 Å². The lowest BCUT2D eigenvalue weighted by Crippen LogP contribution is -2.18. The molecule has 1 heterocycles. The maximum Gasteiger partial charge on any atom is 0.419 e. The Labute approximate surface area is 118 Å². The van der Waals surface area contributed by atoms with Crippen molar-refractivity contribution in [3.05, 3.63) is 53.2 Å². The molecule has 0 aliphatic heterocycles. The zero-order chi connectivity index (χ0) is 15.6. The number of nitrogens with two attached hydrogens (primary N) is 1. The van der Waals surface area contributed by atoms with Gasteiger partial charge in [-0.05, 0) is 37.3 Å². The van der Waals surface area contributed by atoms with E-state index in [-0.39, 0.29) is 12.3 Å². The van der Waals surface area contributed by atoms with Gasteiger partial charge in [0.25, 0.3) is 0 Å². The second kappa shape index (κ2) is 5.77. The van der Waals surface area contributed by atoms with E-state index in [4.69, 9.17) is 14.9 Å². The molecule has 0 aliphatic rings. The number of rotatable bonds is 4. The second-order valence-corrected chi connectivity index (χ2v) is 4.43. The Bertz CT molecular complexity index is 622. The first-order chi connectivity index (χ1) is 9.81. The molecule has 2 rings (SSSR count). The molecule has 0 bridgehead atoms. The van der Waals surface area contributed by atoms with Crippen molar-refractivity contribution >= 4 is 0 Å². The average Bonchev–Trinajstić information content (AvgIpc) is 2.83. The summed E-state index contributed by atoms with van der Waals surface area (Å²) in [6, 6.07) is 5.74. The minimum Gasteiger partial charge on any atom is -0.481 e. The first-order valence-corrected chi connectivity index (χ1v) is 6.11. The Balaban J connectivity index is 2.26. The van der Waals surface area contributed by atoms with Crippen LogP contribution in [0.1, 0.15) is 23.2 Å². The third-order valence-corrected chi connectivity index (χ3v) is 2.81. The van der Waals surface area contributed by atoms with E-state index in [1.807, 2.05) is 0 Å². The van der Waals surface area contributed by atoms with Gasteiger partial charge in [-0.3, -0.25) is 0 Å². The van der Waals surface area contributed by atoms with E-state index in [1.165, 1.54) is 0 Å². The largest absolute Gasteiger partial charge is 0.481 e. The van der Waals surface area contributed by atoms with Gasteiger partial charge in [0.15, 0.2) is 6.10 Å². The van der Waals surface area contributed by atoms with Crippen LogP contribution in [0.4, 0.5) is 17.6 Å². The van der Waals surface area contributed by atoms with Gasteiger partial charge in [0.2, 0.25) is 0 Å². The minimum atomic E-state index is -4.79. The fraction of sp³-hybridized carbons (Fsp3) is 0.286. The molecule has 1 aromatic carbocycles. The summed E-state index contributed by atoms with van der Waals surface area (Å²) in [5.74, 6) is -0.462. The molecule has 7 heteroatoms. The van der Waals surface area contributed by atoms with Crippen molar-refractivity contribution < 1.29 is 26.7 Å². The van der Waals surface area contributed by atoms with Crippen LogP contribution in [0.5, 0.6) is 5.75 Å². The van der Waals surface area contributed by atoms with Crippen LogP contribution >= 0.6 is 0 Å². The van der Waals surface area contributed by atoms with Crippen LogP contribution in [0.2, 0.25) is 0 Å². The number of benzene rings is 1. The van der Waals surface area contributed by atoms with Crippen molar-refractivity contribution in [1.29, 1.82) is 0 Å². The molecule has 21 heavy (non-hydrogen) atoms. The smallest absolute Gasteiger partial charge is 0.419 e. The molecule has 0 radical (unpaired) electrons. The molecular formula is C14H13F4NO2. The molecule has 3 nitrogen and oxygen atoms in total. The Morgan fingerprint density at radius 3 is 2.48 bits per heavy atom. The zero-order valence-corrected chi connectivity index (χ0v) is 11.1. The Kier molecular flexibility index (Phi) is 4.22. The molecule has 2 N–H and O–H groups in total. The Hall–Kier alpha value is -2.02. The van der Waals surface area contributed by atoms with Crippen molar-refractivity contribution in [1.82, 2.24) is 0 Å². The predicted octanol–water partition coefficient (Wildman–Crippen LogP) is 3.82. The van der Waals surface area contributed by atoms with Crippen LogP contribution in [-0.4, -0.2) is 6.54 Å². The van der Waals surface area contributed by atoms with Crippen LogP contribution in [0.3, 0.4) is 0 Å². The monoisotopic (exact) mass is 303 g/mol. The van der Waals surface area contributed by atoms with Gasteiger partial charge in [-0.1, -0.05) is 0 Å². The highest BCUT2D eigenvalue weighted by Gasteiger charge is 2.34. The van der Waals surface area contributed by atoms with E-state index in [2.05, 4.69) is 0 Å². The van der Waals surface area contributed by atoms with Crippen molar-refractivity contribution in [2.45, 2.75) is 19.2 Å². The molecule has 0 saturated heterocycles. The number of ether oxygens (including phenoxy) is 1. The molecular weight excluding hydrogens is 290 g/mol. The summed E-state index contributed by atoms with van der Waals surface area (Å²) in [5, 5.41) is 0. The lowest BCUT2D eigenvalue weighted by Gasteiger charge is -2.17. The van der Waals surface area contributed by atoms with Crippen molar-refractivity contribution in [2.24, 2.45) is 5.73 Å². The van der Waals surface area contributed by atoms with Crippen LogP contribution < -0.4 is 10.5 Å². The number of halogens is 4. The predicted molar refractivity (Wildman–Crippen MR) is 67.3 cm³/mol. The topological polar surface area (TPSA) is 48.4 Å². The SMILES string of the molecule is Cc1ccc(C(CN)Oc2ccc(F)c(C(F)(F)F)c2)o1. The van der Waals surface area contributed by atoms with Crippen LogP contribution in [0, 0.1) is 12.7 Å². The summed E-state index contributed by atoms with van der Waals surface area (Å²) in [6.45, 7) is 1.72. The maximum absolute atomic E-state index is 13.2. The highest BCUT2D eigenvalue weighted by Crippen LogP contribution is 2.34. The van der Waals surface area contributed by atoms with E-state index in [9.17, 15) is 17.6 Å². The van der Waals surface area contributed by atoms with Gasteiger partial charge in [-0.2, -0.15) is 13.2 Å². The van der Waals surface area contributed by atoms with E-state index in [0.717, 1.165) is 6.07 Å². The lowest BCUT2D eigenvalue weighted by molar-refractivity contribution is -0.140. The Morgan fingerprint density at radius 2 is 1.95 bits per heavy atom. The molecule has 0 spiro atoms. The fourth-order valence-electron chi connectivity index (χ4n) is 1.81. The number of furan rings is 1. The first-order valence-electron chi connectivity index (χ1n) is 6.11. The summed E-state index contributed by atoms with van der Waals surface area (Å²) < 4.78 is 61.8. The molecule has 114 valence electrons. The number of hydrogen-bond donors (Lipinski definition) is 1. The maximum atomic E-state index is 13.2. The quantitative estimate of drug-likeness (QED) is 0.873. The summed E-state index contributed by atoms with van der Waals surface area (Å²) in [7, 11) is 0. The summed E-state index contributed by atoms with van der Waals surface area (Å²) in [4.78, 5) is 0. The van der Waals surface area contributed by atoms with Gasteiger partial charge in [-0.25, -0.2) is 4.39 Å². The van der Waals surface area contributed by atoms with Gasteiger partial charge in [0.05, 0.1) is 5.56 Å². The zero-order valence-electron chi connectivity index (χ0n) is 11.1. The second-order valence-electron chi connectivity index (χ2n) is 4.43. The number of aryl methyl sites for hydroxylation is 1. The molecule has 1 unspecified atom stereocenters. The van der Waals surface area contributed by atoms with Gasteiger partial charge in [0.1, 0.15) is 23.1 Å². The molecule has 1 atom stereocenters. The van der Waals surface area contributed by atoms with E-state index in [1.54, 1.807) is 19.1 Å². The minimum absolute atomic E-state index is 0.00564. The Morgan fingerprint density at radius 1 is 1.24 bits per heavy atom. The first kappa shape index (κ1) is 15.4. The standard InChI is InChI=1S/C14H13F4NO2/c1-8-2-5-12(20-8)13(7-19)21-9-3-4-11(15)10(6-9)14(16,17)18/h2-6,13H,7,19H2,1H3.